The number of pyridine rings is 2. The van der Waals surface area contributed by atoms with Crippen LogP contribution >= 0.6 is 31.9 Å². The largest absolute Gasteiger partial charge is 0.247 e. The van der Waals surface area contributed by atoms with Crippen molar-refractivity contribution in [3.8, 4) is 22.5 Å². The lowest BCUT2D eigenvalue weighted by molar-refractivity contribution is 0.668. The molecule has 0 spiro atoms. The molecule has 0 bridgehead atoms. The van der Waals surface area contributed by atoms with Crippen LogP contribution in [-0.4, -0.2) is 9.97 Å². The van der Waals surface area contributed by atoms with Gasteiger partial charge in [0.15, 0.2) is 0 Å². The van der Waals surface area contributed by atoms with E-state index >= 15 is 0 Å². The van der Waals surface area contributed by atoms with Crippen LogP contribution in [0, 0.1) is 0 Å². The first kappa shape index (κ1) is 29.3. The molecule has 4 heteroatoms. The van der Waals surface area contributed by atoms with Crippen molar-refractivity contribution in [2.75, 3.05) is 0 Å². The molecular formula is C38H38Br2N2. The molecular weight excluding hydrogens is 644 g/mol. The van der Waals surface area contributed by atoms with Gasteiger partial charge in [0.2, 0.25) is 0 Å². The lowest BCUT2D eigenvalue weighted by Crippen LogP contribution is -2.02. The van der Waals surface area contributed by atoms with Gasteiger partial charge in [0, 0.05) is 30.8 Å². The smallest absolute Gasteiger partial charge is 0.0747 e. The molecule has 6 aromatic rings. The van der Waals surface area contributed by atoms with Gasteiger partial charge in [-0.05, 0) is 84.0 Å². The average molecular weight is 683 g/mol. The summed E-state index contributed by atoms with van der Waals surface area (Å²) in [4.78, 5) is 10.8. The van der Waals surface area contributed by atoms with Crippen molar-refractivity contribution in [1.29, 1.82) is 0 Å². The van der Waals surface area contributed by atoms with Gasteiger partial charge >= 0.3 is 0 Å². The SMILES string of the molecule is CCCCCCc1c(-c2ccc(Br)cc2)nc2ccc3nc(-c4ccc(Br)cc4)c(CCCCCC)c4ccc1c2c34. The van der Waals surface area contributed by atoms with Crippen LogP contribution in [0.4, 0.5) is 0 Å². The predicted molar refractivity (Wildman–Crippen MR) is 188 cm³/mol. The van der Waals surface area contributed by atoms with Gasteiger partial charge in [0.05, 0.1) is 22.4 Å². The highest BCUT2D eigenvalue weighted by Gasteiger charge is 2.21. The Hall–Kier alpha value is -2.82. The normalized spacial score (nSPS) is 11.8. The minimum Gasteiger partial charge on any atom is -0.247 e. The highest BCUT2D eigenvalue weighted by Crippen LogP contribution is 2.42. The van der Waals surface area contributed by atoms with E-state index in [1.54, 1.807) is 0 Å². The number of benzene rings is 4. The maximum absolute atomic E-state index is 5.38. The Labute approximate surface area is 266 Å². The van der Waals surface area contributed by atoms with E-state index in [4.69, 9.17) is 9.97 Å². The molecule has 0 saturated carbocycles. The zero-order valence-corrected chi connectivity index (χ0v) is 27.8. The molecule has 214 valence electrons. The van der Waals surface area contributed by atoms with Crippen LogP contribution in [0.2, 0.25) is 0 Å². The number of unbranched alkanes of at least 4 members (excludes halogenated alkanes) is 6. The molecule has 2 aromatic heterocycles. The van der Waals surface area contributed by atoms with Crippen molar-refractivity contribution in [3.63, 3.8) is 0 Å². The first-order valence-electron chi connectivity index (χ1n) is 15.6. The maximum atomic E-state index is 5.38. The first-order valence-corrected chi connectivity index (χ1v) is 17.2. The Balaban J connectivity index is 1.59. The molecule has 0 fully saturated rings. The molecule has 0 aliphatic rings. The highest BCUT2D eigenvalue weighted by molar-refractivity contribution is 9.10. The standard InChI is InChI=1S/C38H38Br2N2/c1-3-5-7-9-11-31-29-21-22-30-32(12-10-8-6-4-2)38(26-15-19-28(40)20-16-26)42-34-24-23-33(35(29)36(30)34)41-37(31)25-13-17-27(39)18-14-25/h13-24H,3-12H2,1-2H3. The van der Waals surface area contributed by atoms with Crippen molar-refractivity contribution in [1.82, 2.24) is 9.97 Å². The summed E-state index contributed by atoms with van der Waals surface area (Å²) in [6.45, 7) is 4.56. The second-order valence-corrected chi connectivity index (χ2v) is 13.4. The molecule has 0 saturated heterocycles. The van der Waals surface area contributed by atoms with Gasteiger partial charge in [-0.1, -0.05) is 121 Å². The van der Waals surface area contributed by atoms with Crippen molar-refractivity contribution in [2.24, 2.45) is 0 Å². The van der Waals surface area contributed by atoms with Gasteiger partial charge < -0.3 is 0 Å². The Morgan fingerprint density at radius 2 is 0.881 bits per heavy atom. The topological polar surface area (TPSA) is 25.8 Å². The van der Waals surface area contributed by atoms with E-state index in [9.17, 15) is 0 Å². The van der Waals surface area contributed by atoms with Crippen LogP contribution in [0.25, 0.3) is 55.1 Å². The zero-order valence-electron chi connectivity index (χ0n) is 24.6. The fourth-order valence-electron chi connectivity index (χ4n) is 6.44. The summed E-state index contributed by atoms with van der Waals surface area (Å²) in [6, 6.07) is 26.4. The van der Waals surface area contributed by atoms with Crippen LogP contribution in [0.1, 0.15) is 76.3 Å². The predicted octanol–water partition coefficient (Wildman–Crippen LogP) is 12.5. The number of rotatable bonds is 12. The molecule has 6 rings (SSSR count). The molecule has 2 heterocycles. The summed E-state index contributed by atoms with van der Waals surface area (Å²) in [7, 11) is 0. The second-order valence-electron chi connectivity index (χ2n) is 11.5. The Morgan fingerprint density at radius 1 is 0.476 bits per heavy atom. The number of nitrogens with zero attached hydrogens (tertiary/aromatic N) is 2. The second kappa shape index (κ2) is 13.2. The molecule has 0 atom stereocenters. The number of hydrogen-bond donors (Lipinski definition) is 0. The number of hydrogen-bond acceptors (Lipinski definition) is 2. The summed E-state index contributed by atoms with van der Waals surface area (Å²) < 4.78 is 2.18. The Bertz CT molecular complexity index is 1670. The van der Waals surface area contributed by atoms with Gasteiger partial charge in [-0.3, -0.25) is 0 Å². The highest BCUT2D eigenvalue weighted by atomic mass is 79.9. The fraction of sp³-hybridized carbons (Fsp3) is 0.316. The Kier molecular flexibility index (Phi) is 9.21. The molecule has 0 aliphatic heterocycles. The maximum Gasteiger partial charge on any atom is 0.0747 e. The zero-order chi connectivity index (χ0) is 29.1. The summed E-state index contributed by atoms with van der Waals surface area (Å²) >= 11 is 7.23. The molecule has 0 unspecified atom stereocenters. The van der Waals surface area contributed by atoms with Gasteiger partial charge in [-0.2, -0.15) is 0 Å². The number of aromatic nitrogens is 2. The molecule has 0 amide bonds. The van der Waals surface area contributed by atoms with E-state index in [0.29, 0.717) is 0 Å². The summed E-state index contributed by atoms with van der Waals surface area (Å²) in [5.74, 6) is 0. The van der Waals surface area contributed by atoms with Crippen LogP contribution < -0.4 is 0 Å². The molecule has 0 N–H and O–H groups in total. The van der Waals surface area contributed by atoms with Gasteiger partial charge in [0.25, 0.3) is 0 Å². The lowest BCUT2D eigenvalue weighted by Gasteiger charge is -2.20. The van der Waals surface area contributed by atoms with Crippen molar-refractivity contribution in [2.45, 2.75) is 78.1 Å². The van der Waals surface area contributed by atoms with Gasteiger partial charge in [-0.15, -0.1) is 0 Å². The van der Waals surface area contributed by atoms with Crippen LogP contribution in [-0.2, 0) is 12.8 Å². The molecule has 42 heavy (non-hydrogen) atoms. The first-order chi connectivity index (χ1) is 20.6. The molecule has 4 aromatic carbocycles. The van der Waals surface area contributed by atoms with Crippen LogP contribution in [0.5, 0.6) is 0 Å². The quantitative estimate of drug-likeness (QED) is 0.0949. The van der Waals surface area contributed by atoms with Crippen LogP contribution in [0.3, 0.4) is 0 Å². The van der Waals surface area contributed by atoms with Crippen molar-refractivity contribution >= 4 is 64.4 Å². The van der Waals surface area contributed by atoms with E-state index in [1.807, 2.05) is 0 Å². The van der Waals surface area contributed by atoms with E-state index < -0.39 is 0 Å². The van der Waals surface area contributed by atoms with E-state index in [-0.39, 0.29) is 0 Å². The summed E-state index contributed by atoms with van der Waals surface area (Å²) in [5.41, 5.74) is 9.47. The van der Waals surface area contributed by atoms with Crippen molar-refractivity contribution in [3.05, 3.63) is 92.9 Å². The third-order valence-corrected chi connectivity index (χ3v) is 9.66. The third-order valence-electron chi connectivity index (χ3n) is 8.60. The molecule has 2 nitrogen and oxygen atoms in total. The molecule has 0 radical (unpaired) electrons. The number of aryl methyl sites for hydroxylation is 2. The summed E-state index contributed by atoms with van der Waals surface area (Å²) in [5, 5.41) is 5.23. The van der Waals surface area contributed by atoms with Gasteiger partial charge in [-0.25, -0.2) is 9.97 Å². The van der Waals surface area contributed by atoms with E-state index in [0.717, 1.165) is 44.2 Å². The third kappa shape index (κ3) is 5.85. The van der Waals surface area contributed by atoms with E-state index in [2.05, 4.69) is 119 Å². The number of halogens is 2. The molecule has 0 aliphatic carbocycles. The van der Waals surface area contributed by atoms with E-state index in [1.165, 1.54) is 95.2 Å². The minimum absolute atomic E-state index is 1.04. The van der Waals surface area contributed by atoms with Crippen molar-refractivity contribution < 1.29 is 0 Å². The average Bonchev–Trinajstić information content (AvgIpc) is 3.01. The van der Waals surface area contributed by atoms with Crippen LogP contribution in [0.15, 0.2) is 81.7 Å². The minimum atomic E-state index is 1.04. The summed E-state index contributed by atoms with van der Waals surface area (Å²) in [6.07, 6.45) is 12.0. The Morgan fingerprint density at radius 3 is 1.26 bits per heavy atom. The fourth-order valence-corrected chi connectivity index (χ4v) is 6.96. The van der Waals surface area contributed by atoms with Gasteiger partial charge in [0.1, 0.15) is 0 Å². The monoisotopic (exact) mass is 680 g/mol. The lowest BCUT2D eigenvalue weighted by atomic mass is 9.88.